The number of thiophene rings is 1. The summed E-state index contributed by atoms with van der Waals surface area (Å²) in [5.74, 6) is -0.268. The van der Waals surface area contributed by atoms with Crippen molar-refractivity contribution >= 4 is 17.3 Å². The number of hydrogen-bond acceptors (Lipinski definition) is 5. The first-order chi connectivity index (χ1) is 9.19. The van der Waals surface area contributed by atoms with E-state index in [1.807, 2.05) is 11.4 Å². The van der Waals surface area contributed by atoms with Crippen LogP contribution in [0.4, 0.5) is 0 Å². The van der Waals surface area contributed by atoms with Crippen LogP contribution in [0.25, 0.3) is 10.7 Å². The predicted octanol–water partition coefficient (Wildman–Crippen LogP) is 1.93. The average Bonchev–Trinajstić information content (AvgIpc) is 2.93. The highest BCUT2D eigenvalue weighted by Crippen LogP contribution is 2.42. The second-order valence-corrected chi connectivity index (χ2v) is 5.65. The molecule has 2 aromatic rings. The van der Waals surface area contributed by atoms with Crippen LogP contribution in [0.3, 0.4) is 0 Å². The summed E-state index contributed by atoms with van der Waals surface area (Å²) >= 11 is 1.55. The minimum atomic E-state index is -0.951. The molecule has 0 spiro atoms. The van der Waals surface area contributed by atoms with Crippen LogP contribution in [0, 0.1) is 0 Å². The van der Waals surface area contributed by atoms with E-state index in [1.165, 1.54) is 4.68 Å². The molecule has 19 heavy (non-hydrogen) atoms. The van der Waals surface area contributed by atoms with Gasteiger partial charge in [-0.15, -0.1) is 16.4 Å². The van der Waals surface area contributed by atoms with E-state index in [9.17, 15) is 9.90 Å². The number of aromatic nitrogens is 4. The van der Waals surface area contributed by atoms with Crippen LogP contribution in [0.2, 0.25) is 0 Å². The Bertz CT molecular complexity index is 615. The Morgan fingerprint density at radius 2 is 2.37 bits per heavy atom. The van der Waals surface area contributed by atoms with Crippen LogP contribution >= 0.6 is 11.3 Å². The molecular formula is C12H14N4O2S. The lowest BCUT2D eigenvalue weighted by atomic mass is 9.77. The summed E-state index contributed by atoms with van der Waals surface area (Å²) in [7, 11) is 0. The Kier molecular flexibility index (Phi) is 2.85. The summed E-state index contributed by atoms with van der Waals surface area (Å²) in [6.07, 6.45) is 2.96. The fourth-order valence-electron chi connectivity index (χ4n) is 2.46. The summed E-state index contributed by atoms with van der Waals surface area (Å²) < 4.78 is 1.50. The molecule has 0 aliphatic heterocycles. The van der Waals surface area contributed by atoms with E-state index in [1.54, 1.807) is 11.3 Å². The van der Waals surface area contributed by atoms with Gasteiger partial charge in [-0.25, -0.2) is 9.48 Å². The molecule has 7 heteroatoms. The third-order valence-electron chi connectivity index (χ3n) is 3.78. The maximum absolute atomic E-state index is 11.6. The van der Waals surface area contributed by atoms with Gasteiger partial charge >= 0.3 is 5.97 Å². The second-order valence-electron chi connectivity index (χ2n) is 4.73. The van der Waals surface area contributed by atoms with Crippen molar-refractivity contribution in [2.45, 2.75) is 38.1 Å². The SMILES string of the molecule is CCc1ccsc1-c1nnnn1C1(C(=O)O)CCC1. The molecule has 1 aliphatic carbocycles. The maximum atomic E-state index is 11.6. The molecule has 0 radical (unpaired) electrons. The zero-order chi connectivity index (χ0) is 13.5. The molecule has 1 saturated carbocycles. The molecule has 6 nitrogen and oxygen atoms in total. The molecule has 0 unspecified atom stereocenters. The fourth-order valence-corrected chi connectivity index (χ4v) is 3.42. The van der Waals surface area contributed by atoms with E-state index in [0.717, 1.165) is 23.3 Å². The van der Waals surface area contributed by atoms with Crippen molar-refractivity contribution in [3.8, 4) is 10.7 Å². The summed E-state index contributed by atoms with van der Waals surface area (Å²) in [4.78, 5) is 12.5. The van der Waals surface area contributed by atoms with Gasteiger partial charge < -0.3 is 5.11 Å². The Morgan fingerprint density at radius 1 is 1.58 bits per heavy atom. The highest BCUT2D eigenvalue weighted by molar-refractivity contribution is 7.13. The third kappa shape index (κ3) is 1.68. The maximum Gasteiger partial charge on any atom is 0.331 e. The number of rotatable bonds is 4. The van der Waals surface area contributed by atoms with Crippen molar-refractivity contribution in [1.29, 1.82) is 0 Å². The van der Waals surface area contributed by atoms with Gasteiger partial charge in [0.05, 0.1) is 4.88 Å². The highest BCUT2D eigenvalue weighted by atomic mass is 32.1. The number of hydrogen-bond donors (Lipinski definition) is 1. The van der Waals surface area contributed by atoms with Crippen LogP contribution in [-0.2, 0) is 16.8 Å². The van der Waals surface area contributed by atoms with Gasteiger partial charge in [0, 0.05) is 0 Å². The van der Waals surface area contributed by atoms with E-state index >= 15 is 0 Å². The van der Waals surface area contributed by atoms with E-state index in [2.05, 4.69) is 22.4 Å². The molecule has 2 aromatic heterocycles. The Morgan fingerprint density at radius 3 is 2.95 bits per heavy atom. The standard InChI is InChI=1S/C12H14N4O2S/c1-2-8-4-7-19-9(8)10-13-14-15-16(10)12(11(17)18)5-3-6-12/h4,7H,2-3,5-6H2,1H3,(H,17,18). The van der Waals surface area contributed by atoms with E-state index in [0.29, 0.717) is 18.7 Å². The van der Waals surface area contributed by atoms with Crippen LogP contribution in [0.5, 0.6) is 0 Å². The Hall–Kier alpha value is -1.76. The lowest BCUT2D eigenvalue weighted by Crippen LogP contribution is -2.48. The topological polar surface area (TPSA) is 80.9 Å². The Balaban J connectivity index is 2.11. The molecule has 0 bridgehead atoms. The summed E-state index contributed by atoms with van der Waals surface area (Å²) in [6.45, 7) is 2.07. The van der Waals surface area contributed by atoms with Crippen molar-refractivity contribution in [3.05, 3.63) is 17.0 Å². The van der Waals surface area contributed by atoms with E-state index in [4.69, 9.17) is 0 Å². The zero-order valence-corrected chi connectivity index (χ0v) is 11.4. The second kappa shape index (κ2) is 4.41. The van der Waals surface area contributed by atoms with Crippen molar-refractivity contribution in [1.82, 2.24) is 20.2 Å². The number of nitrogens with zero attached hydrogens (tertiary/aromatic N) is 4. The van der Waals surface area contributed by atoms with Crippen LogP contribution in [-0.4, -0.2) is 31.3 Å². The largest absolute Gasteiger partial charge is 0.479 e. The van der Waals surface area contributed by atoms with Crippen molar-refractivity contribution < 1.29 is 9.90 Å². The first kappa shape index (κ1) is 12.3. The number of aliphatic carboxylic acids is 1. The smallest absolute Gasteiger partial charge is 0.331 e. The van der Waals surface area contributed by atoms with Crippen molar-refractivity contribution in [2.75, 3.05) is 0 Å². The van der Waals surface area contributed by atoms with Gasteiger partial charge in [-0.3, -0.25) is 0 Å². The number of tetrazole rings is 1. The van der Waals surface area contributed by atoms with Gasteiger partial charge in [0.15, 0.2) is 11.4 Å². The fraction of sp³-hybridized carbons (Fsp3) is 0.500. The molecular weight excluding hydrogens is 264 g/mol. The van der Waals surface area contributed by atoms with Crippen molar-refractivity contribution in [2.24, 2.45) is 0 Å². The van der Waals surface area contributed by atoms with E-state index < -0.39 is 11.5 Å². The summed E-state index contributed by atoms with van der Waals surface area (Å²) in [5, 5.41) is 23.2. The summed E-state index contributed by atoms with van der Waals surface area (Å²) in [6, 6.07) is 2.03. The monoisotopic (exact) mass is 278 g/mol. The first-order valence-corrected chi connectivity index (χ1v) is 7.16. The van der Waals surface area contributed by atoms with Crippen LogP contribution in [0.1, 0.15) is 31.7 Å². The third-order valence-corrected chi connectivity index (χ3v) is 4.74. The molecule has 100 valence electrons. The van der Waals surface area contributed by atoms with Gasteiger partial charge in [-0.2, -0.15) is 0 Å². The molecule has 1 aliphatic rings. The zero-order valence-electron chi connectivity index (χ0n) is 10.5. The molecule has 3 rings (SSSR count). The molecule has 0 atom stereocenters. The number of carbonyl (C=O) groups is 1. The number of carboxylic acids is 1. The quantitative estimate of drug-likeness (QED) is 0.924. The molecule has 1 fully saturated rings. The van der Waals surface area contributed by atoms with Gasteiger partial charge in [0.25, 0.3) is 0 Å². The molecule has 2 heterocycles. The predicted molar refractivity (Wildman–Crippen MR) is 70.0 cm³/mol. The molecule has 0 amide bonds. The summed E-state index contributed by atoms with van der Waals surface area (Å²) in [5.41, 5.74) is 0.203. The van der Waals surface area contributed by atoms with Crippen LogP contribution in [0.15, 0.2) is 11.4 Å². The molecule has 0 aromatic carbocycles. The number of aryl methyl sites for hydroxylation is 1. The molecule has 1 N–H and O–H groups in total. The normalized spacial score (nSPS) is 17.1. The number of carboxylic acid groups (broad SMARTS) is 1. The van der Waals surface area contributed by atoms with Gasteiger partial charge in [-0.1, -0.05) is 6.92 Å². The van der Waals surface area contributed by atoms with E-state index in [-0.39, 0.29) is 0 Å². The lowest BCUT2D eigenvalue weighted by molar-refractivity contribution is -0.153. The van der Waals surface area contributed by atoms with Gasteiger partial charge in [0.2, 0.25) is 0 Å². The highest BCUT2D eigenvalue weighted by Gasteiger charge is 2.49. The van der Waals surface area contributed by atoms with Gasteiger partial charge in [0.1, 0.15) is 0 Å². The van der Waals surface area contributed by atoms with Crippen molar-refractivity contribution in [3.63, 3.8) is 0 Å². The van der Waals surface area contributed by atoms with Gasteiger partial charge in [-0.05, 0) is 53.1 Å². The minimum absolute atomic E-state index is 0.578. The average molecular weight is 278 g/mol. The molecule has 0 saturated heterocycles. The van der Waals surface area contributed by atoms with Crippen LogP contribution < -0.4 is 0 Å². The first-order valence-electron chi connectivity index (χ1n) is 6.28. The Labute approximate surface area is 114 Å². The minimum Gasteiger partial charge on any atom is -0.479 e. The lowest BCUT2D eigenvalue weighted by Gasteiger charge is -2.37.